The molecule has 0 saturated carbocycles. The fourth-order valence-electron chi connectivity index (χ4n) is 2.15. The standard InChI is InChI=1S/C18H22ClN3O2/c1-11-7-16(24-10-18(2,3)4)21-9-14(11)12-5-6-13(15(19)8-12)17(20)22-23/h5-9,23H,10H2,1-4H3,(H2,20,22). The maximum absolute atomic E-state index is 8.82. The van der Waals surface area contributed by atoms with Gasteiger partial charge in [-0.2, -0.15) is 0 Å². The lowest BCUT2D eigenvalue weighted by Gasteiger charge is -2.18. The summed E-state index contributed by atoms with van der Waals surface area (Å²) in [7, 11) is 0. The molecule has 2 aromatic rings. The summed E-state index contributed by atoms with van der Waals surface area (Å²) in [5.41, 5.74) is 5.15. The van der Waals surface area contributed by atoms with Crippen LogP contribution in [0.25, 0.3) is 11.1 Å². The number of benzene rings is 1. The molecule has 2 rings (SSSR count). The number of amidine groups is 1. The molecular formula is C18H22ClN3O2. The molecule has 5 nitrogen and oxygen atoms in total. The van der Waals surface area contributed by atoms with E-state index in [9.17, 15) is 0 Å². The van der Waals surface area contributed by atoms with Gasteiger partial charge in [0.25, 0.3) is 0 Å². The smallest absolute Gasteiger partial charge is 0.213 e. The summed E-state index contributed by atoms with van der Waals surface area (Å²) in [6.07, 6.45) is 1.76. The van der Waals surface area contributed by atoms with Crippen molar-refractivity contribution in [3.63, 3.8) is 0 Å². The van der Waals surface area contributed by atoms with Gasteiger partial charge in [-0.3, -0.25) is 16.1 Å². The van der Waals surface area contributed by atoms with E-state index in [0.29, 0.717) is 23.1 Å². The van der Waals surface area contributed by atoms with Gasteiger partial charge in [-0.1, -0.05) is 38.4 Å². The lowest BCUT2D eigenvalue weighted by molar-refractivity contribution is 0.191. The van der Waals surface area contributed by atoms with Gasteiger partial charge in [0.2, 0.25) is 5.88 Å². The van der Waals surface area contributed by atoms with Crippen LogP contribution in [-0.4, -0.2) is 22.6 Å². The van der Waals surface area contributed by atoms with Crippen LogP contribution in [0.4, 0.5) is 0 Å². The Labute approximate surface area is 147 Å². The largest absolute Gasteiger partial charge is 0.477 e. The number of hydrogen-bond acceptors (Lipinski definition) is 4. The molecule has 3 N–H and O–H groups in total. The van der Waals surface area contributed by atoms with Crippen molar-refractivity contribution in [2.45, 2.75) is 27.7 Å². The van der Waals surface area contributed by atoms with Gasteiger partial charge in [0.1, 0.15) is 0 Å². The van der Waals surface area contributed by atoms with Crippen molar-refractivity contribution in [1.82, 2.24) is 10.5 Å². The van der Waals surface area contributed by atoms with Crippen molar-refractivity contribution in [2.75, 3.05) is 6.61 Å². The average molecular weight is 348 g/mol. The summed E-state index contributed by atoms with van der Waals surface area (Å²) in [6, 6.07) is 7.18. The molecule has 0 aliphatic rings. The molecule has 24 heavy (non-hydrogen) atoms. The number of pyridine rings is 1. The van der Waals surface area contributed by atoms with E-state index < -0.39 is 0 Å². The minimum Gasteiger partial charge on any atom is -0.477 e. The molecule has 1 aromatic heterocycles. The number of halogens is 1. The van der Waals surface area contributed by atoms with Crippen molar-refractivity contribution in [2.24, 2.45) is 5.41 Å². The molecular weight excluding hydrogens is 326 g/mol. The first-order valence-corrected chi connectivity index (χ1v) is 7.97. The molecule has 0 bridgehead atoms. The summed E-state index contributed by atoms with van der Waals surface area (Å²) < 4.78 is 5.73. The van der Waals surface area contributed by atoms with E-state index in [1.807, 2.05) is 19.1 Å². The predicted molar refractivity (Wildman–Crippen MR) is 96.1 cm³/mol. The van der Waals surface area contributed by atoms with Crippen LogP contribution in [0.5, 0.6) is 5.88 Å². The van der Waals surface area contributed by atoms with E-state index in [0.717, 1.165) is 16.7 Å². The first kappa shape index (κ1) is 18.2. The lowest BCUT2D eigenvalue weighted by Crippen LogP contribution is -2.19. The van der Waals surface area contributed by atoms with E-state index in [1.54, 1.807) is 23.8 Å². The number of hydroxylamine groups is 1. The van der Waals surface area contributed by atoms with Gasteiger partial charge in [-0.15, -0.1) is 0 Å². The number of ether oxygens (including phenoxy) is 1. The van der Waals surface area contributed by atoms with Crippen LogP contribution in [0.15, 0.2) is 30.5 Å². The molecule has 0 aliphatic carbocycles. The number of aryl methyl sites for hydroxylation is 1. The Morgan fingerprint density at radius 1 is 1.33 bits per heavy atom. The number of nitrogens with one attached hydrogen (secondary N) is 2. The van der Waals surface area contributed by atoms with Gasteiger partial charge >= 0.3 is 0 Å². The zero-order valence-electron chi connectivity index (χ0n) is 14.3. The van der Waals surface area contributed by atoms with Crippen molar-refractivity contribution in [3.05, 3.63) is 46.6 Å². The predicted octanol–water partition coefficient (Wildman–Crippen LogP) is 4.44. The van der Waals surface area contributed by atoms with Crippen LogP contribution < -0.4 is 10.2 Å². The van der Waals surface area contributed by atoms with Crippen molar-refractivity contribution in [1.29, 1.82) is 5.41 Å². The van der Waals surface area contributed by atoms with E-state index in [2.05, 4.69) is 25.8 Å². The SMILES string of the molecule is Cc1cc(OCC(C)(C)C)ncc1-c1ccc(C(=N)NO)c(Cl)c1. The van der Waals surface area contributed by atoms with Crippen LogP contribution in [0.2, 0.25) is 5.02 Å². The maximum atomic E-state index is 8.82. The third kappa shape index (κ3) is 4.46. The second-order valence-corrected chi connectivity index (χ2v) is 7.28. The lowest BCUT2D eigenvalue weighted by atomic mass is 9.99. The van der Waals surface area contributed by atoms with Crippen LogP contribution in [-0.2, 0) is 0 Å². The second-order valence-electron chi connectivity index (χ2n) is 6.87. The molecule has 0 amide bonds. The zero-order valence-corrected chi connectivity index (χ0v) is 15.0. The van der Waals surface area contributed by atoms with Gasteiger partial charge in [0, 0.05) is 23.4 Å². The van der Waals surface area contributed by atoms with Crippen molar-refractivity contribution < 1.29 is 9.94 Å². The van der Waals surface area contributed by atoms with Gasteiger partial charge < -0.3 is 4.74 Å². The fourth-order valence-corrected chi connectivity index (χ4v) is 2.42. The monoisotopic (exact) mass is 347 g/mol. The van der Waals surface area contributed by atoms with E-state index in [-0.39, 0.29) is 11.3 Å². The van der Waals surface area contributed by atoms with Crippen LogP contribution in [0, 0.1) is 17.7 Å². The molecule has 128 valence electrons. The average Bonchev–Trinajstić information content (AvgIpc) is 2.51. The first-order valence-electron chi connectivity index (χ1n) is 7.59. The molecule has 0 saturated heterocycles. The number of nitrogens with zero attached hydrogens (tertiary/aromatic N) is 1. The molecule has 0 atom stereocenters. The van der Waals surface area contributed by atoms with Gasteiger partial charge in [0.15, 0.2) is 5.84 Å². The third-order valence-corrected chi connectivity index (χ3v) is 3.71. The quantitative estimate of drug-likeness (QED) is 0.434. The molecule has 1 aromatic carbocycles. The molecule has 6 heteroatoms. The highest BCUT2D eigenvalue weighted by Gasteiger charge is 2.13. The fraction of sp³-hybridized carbons (Fsp3) is 0.333. The highest BCUT2D eigenvalue weighted by atomic mass is 35.5. The van der Waals surface area contributed by atoms with Crippen molar-refractivity contribution >= 4 is 17.4 Å². The van der Waals surface area contributed by atoms with Crippen molar-refractivity contribution in [3.8, 4) is 17.0 Å². The minimum atomic E-state index is -0.146. The van der Waals surface area contributed by atoms with Gasteiger partial charge in [-0.25, -0.2) is 4.98 Å². The molecule has 0 spiro atoms. The van der Waals surface area contributed by atoms with E-state index in [1.165, 1.54) is 0 Å². The summed E-state index contributed by atoms with van der Waals surface area (Å²) in [5, 5.41) is 16.8. The Kier molecular flexibility index (Phi) is 5.47. The summed E-state index contributed by atoms with van der Waals surface area (Å²) in [5.74, 6) is 0.451. The topological polar surface area (TPSA) is 78.2 Å². The number of rotatable bonds is 4. The van der Waals surface area contributed by atoms with Gasteiger partial charge in [-0.05, 0) is 35.6 Å². The second kappa shape index (κ2) is 7.20. The third-order valence-electron chi connectivity index (χ3n) is 3.40. The zero-order chi connectivity index (χ0) is 17.9. The summed E-state index contributed by atoms with van der Waals surface area (Å²) in [6.45, 7) is 8.90. The number of hydrogen-bond donors (Lipinski definition) is 3. The Bertz CT molecular complexity index is 754. The Morgan fingerprint density at radius 3 is 2.58 bits per heavy atom. The van der Waals surface area contributed by atoms with Gasteiger partial charge in [0.05, 0.1) is 11.6 Å². The highest BCUT2D eigenvalue weighted by molar-refractivity contribution is 6.34. The summed E-state index contributed by atoms with van der Waals surface area (Å²) >= 11 is 6.20. The van der Waals surface area contributed by atoms with E-state index in [4.69, 9.17) is 27.0 Å². The molecule has 0 radical (unpaired) electrons. The van der Waals surface area contributed by atoms with Crippen LogP contribution >= 0.6 is 11.6 Å². The molecule has 0 fully saturated rings. The van der Waals surface area contributed by atoms with E-state index >= 15 is 0 Å². The summed E-state index contributed by atoms with van der Waals surface area (Å²) in [4.78, 5) is 4.36. The normalized spacial score (nSPS) is 11.2. The minimum absolute atomic E-state index is 0.0722. The Morgan fingerprint density at radius 2 is 2.04 bits per heavy atom. The van der Waals surface area contributed by atoms with Crippen LogP contribution in [0.3, 0.4) is 0 Å². The first-order chi connectivity index (χ1) is 11.2. The number of aromatic nitrogens is 1. The Balaban J connectivity index is 2.26. The van der Waals surface area contributed by atoms with Crippen LogP contribution in [0.1, 0.15) is 31.9 Å². The molecule has 0 unspecified atom stereocenters. The maximum Gasteiger partial charge on any atom is 0.213 e. The molecule has 0 aliphatic heterocycles. The Hall–Kier alpha value is -2.11. The molecule has 1 heterocycles. The highest BCUT2D eigenvalue weighted by Crippen LogP contribution is 2.29.